The second-order valence-corrected chi connectivity index (χ2v) is 3.39. The van der Waals surface area contributed by atoms with Crippen LogP contribution in [-0.2, 0) is 7.05 Å². The second-order valence-electron chi connectivity index (χ2n) is 3.04. The molecular weight excluding hydrogens is 198 g/mol. The molecule has 3 nitrogen and oxygen atoms in total. The van der Waals surface area contributed by atoms with Crippen LogP contribution < -0.4 is 5.73 Å². The maximum Gasteiger partial charge on any atom is 0.171 e. The van der Waals surface area contributed by atoms with Crippen LogP contribution >= 0.6 is 11.6 Å². The van der Waals surface area contributed by atoms with Crippen LogP contribution in [0.1, 0.15) is 0 Å². The summed E-state index contributed by atoms with van der Waals surface area (Å²) in [6.07, 6.45) is 0. The average Bonchev–Trinajstić information content (AvgIpc) is 2.47. The summed E-state index contributed by atoms with van der Waals surface area (Å²) in [4.78, 5) is 4.18. The van der Waals surface area contributed by atoms with Crippen LogP contribution in [0, 0.1) is 0 Å². The van der Waals surface area contributed by atoms with E-state index in [-0.39, 0.29) is 0 Å². The van der Waals surface area contributed by atoms with Crippen molar-refractivity contribution in [1.29, 1.82) is 0 Å². The summed E-state index contributed by atoms with van der Waals surface area (Å²) in [5.41, 5.74) is 6.72. The van der Waals surface area contributed by atoms with E-state index in [9.17, 15) is 0 Å². The summed E-state index contributed by atoms with van der Waals surface area (Å²) >= 11 is 5.83. The van der Waals surface area contributed by atoms with Gasteiger partial charge in [0.05, 0.1) is 0 Å². The molecule has 0 unspecified atom stereocenters. The second kappa shape index (κ2) is 3.35. The highest BCUT2D eigenvalue weighted by molar-refractivity contribution is 6.31. The molecule has 0 radical (unpaired) electrons. The van der Waals surface area contributed by atoms with E-state index in [1.54, 1.807) is 4.57 Å². The van der Waals surface area contributed by atoms with Gasteiger partial charge >= 0.3 is 0 Å². The SMILES string of the molecule is Cn1c(-c2ccccc2)nc(Cl)c1N. The zero-order chi connectivity index (χ0) is 10.1. The van der Waals surface area contributed by atoms with Crippen molar-refractivity contribution < 1.29 is 0 Å². The minimum absolute atomic E-state index is 0.353. The van der Waals surface area contributed by atoms with Crippen molar-refractivity contribution in [3.63, 3.8) is 0 Å². The molecule has 0 atom stereocenters. The number of nitrogens with zero attached hydrogens (tertiary/aromatic N) is 2. The molecule has 0 saturated heterocycles. The molecule has 0 fully saturated rings. The molecule has 14 heavy (non-hydrogen) atoms. The number of hydrogen-bond acceptors (Lipinski definition) is 2. The molecule has 0 spiro atoms. The molecule has 0 bridgehead atoms. The van der Waals surface area contributed by atoms with Gasteiger partial charge < -0.3 is 10.3 Å². The third kappa shape index (κ3) is 1.36. The van der Waals surface area contributed by atoms with Crippen LogP contribution in [0.25, 0.3) is 11.4 Å². The Hall–Kier alpha value is -1.48. The third-order valence-electron chi connectivity index (χ3n) is 2.13. The molecule has 0 aliphatic carbocycles. The van der Waals surface area contributed by atoms with Gasteiger partial charge in [0.15, 0.2) is 5.15 Å². The first-order valence-electron chi connectivity index (χ1n) is 4.23. The fraction of sp³-hybridized carbons (Fsp3) is 0.100. The normalized spacial score (nSPS) is 10.4. The summed E-state index contributed by atoms with van der Waals surface area (Å²) < 4.78 is 1.78. The van der Waals surface area contributed by atoms with Gasteiger partial charge in [0, 0.05) is 12.6 Å². The number of hydrogen-bond donors (Lipinski definition) is 1. The topological polar surface area (TPSA) is 43.8 Å². The van der Waals surface area contributed by atoms with E-state index in [1.165, 1.54) is 0 Å². The maximum absolute atomic E-state index is 5.83. The molecule has 4 heteroatoms. The molecule has 2 N–H and O–H groups in total. The Morgan fingerprint density at radius 2 is 1.93 bits per heavy atom. The van der Waals surface area contributed by atoms with Gasteiger partial charge in [-0.25, -0.2) is 4.98 Å². The average molecular weight is 208 g/mol. The third-order valence-corrected chi connectivity index (χ3v) is 2.40. The minimum atomic E-state index is 0.353. The van der Waals surface area contributed by atoms with Crippen LogP contribution in [-0.4, -0.2) is 9.55 Å². The number of anilines is 1. The van der Waals surface area contributed by atoms with Crippen molar-refractivity contribution in [1.82, 2.24) is 9.55 Å². The number of rotatable bonds is 1. The molecule has 2 aromatic rings. The van der Waals surface area contributed by atoms with Gasteiger partial charge in [-0.05, 0) is 0 Å². The van der Waals surface area contributed by atoms with Crippen LogP contribution in [0.15, 0.2) is 30.3 Å². The summed E-state index contributed by atoms with van der Waals surface area (Å²) in [5.74, 6) is 1.28. The number of benzene rings is 1. The Balaban J connectivity index is 2.58. The van der Waals surface area contributed by atoms with Crippen LogP contribution in [0.5, 0.6) is 0 Å². The van der Waals surface area contributed by atoms with Crippen LogP contribution in [0.3, 0.4) is 0 Å². The first-order chi connectivity index (χ1) is 6.70. The first-order valence-corrected chi connectivity index (χ1v) is 4.61. The Morgan fingerprint density at radius 3 is 2.43 bits per heavy atom. The highest BCUT2D eigenvalue weighted by Gasteiger charge is 2.10. The number of nitrogen functional groups attached to an aromatic ring is 1. The van der Waals surface area contributed by atoms with Crippen LogP contribution in [0.4, 0.5) is 5.82 Å². The predicted molar refractivity (Wildman–Crippen MR) is 58.1 cm³/mol. The molecule has 0 aliphatic rings. The summed E-state index contributed by atoms with van der Waals surface area (Å²) in [5, 5.41) is 0.353. The van der Waals surface area contributed by atoms with Gasteiger partial charge in [0.2, 0.25) is 0 Å². The van der Waals surface area contributed by atoms with Gasteiger partial charge in [-0.2, -0.15) is 0 Å². The summed E-state index contributed by atoms with van der Waals surface area (Å²) in [6, 6.07) is 9.80. The molecule has 0 saturated carbocycles. The fourth-order valence-corrected chi connectivity index (χ4v) is 1.53. The van der Waals surface area contributed by atoms with E-state index in [0.29, 0.717) is 11.0 Å². The monoisotopic (exact) mass is 207 g/mol. The maximum atomic E-state index is 5.83. The van der Waals surface area contributed by atoms with Crippen LogP contribution in [0.2, 0.25) is 5.15 Å². The van der Waals surface area contributed by atoms with Crippen molar-refractivity contribution in [3.05, 3.63) is 35.5 Å². The predicted octanol–water partition coefficient (Wildman–Crippen LogP) is 2.32. The number of nitrogens with two attached hydrogens (primary N) is 1. The van der Waals surface area contributed by atoms with Gasteiger partial charge in [0.1, 0.15) is 11.6 Å². The van der Waals surface area contributed by atoms with E-state index >= 15 is 0 Å². The molecule has 72 valence electrons. The molecule has 1 aromatic heterocycles. The molecule has 0 aliphatic heterocycles. The lowest BCUT2D eigenvalue weighted by molar-refractivity contribution is 0.937. The van der Waals surface area contributed by atoms with E-state index < -0.39 is 0 Å². The van der Waals surface area contributed by atoms with E-state index in [2.05, 4.69) is 4.98 Å². The highest BCUT2D eigenvalue weighted by atomic mass is 35.5. The lowest BCUT2D eigenvalue weighted by Gasteiger charge is -2.01. The minimum Gasteiger partial charge on any atom is -0.382 e. The largest absolute Gasteiger partial charge is 0.382 e. The van der Waals surface area contributed by atoms with Gasteiger partial charge in [-0.15, -0.1) is 0 Å². The van der Waals surface area contributed by atoms with E-state index in [1.807, 2.05) is 37.4 Å². The lowest BCUT2D eigenvalue weighted by atomic mass is 10.2. The van der Waals surface area contributed by atoms with Crippen molar-refractivity contribution in [3.8, 4) is 11.4 Å². The Bertz CT molecular complexity index is 448. The molecule has 1 heterocycles. The zero-order valence-electron chi connectivity index (χ0n) is 7.74. The van der Waals surface area contributed by atoms with Crippen molar-refractivity contribution in [2.75, 3.05) is 5.73 Å². The Labute approximate surface area is 87.1 Å². The van der Waals surface area contributed by atoms with Gasteiger partial charge in [-0.1, -0.05) is 41.9 Å². The first kappa shape index (κ1) is 9.09. The number of aromatic nitrogens is 2. The van der Waals surface area contributed by atoms with E-state index in [0.717, 1.165) is 11.4 Å². The van der Waals surface area contributed by atoms with Crippen molar-refractivity contribution >= 4 is 17.4 Å². The van der Waals surface area contributed by atoms with Crippen molar-refractivity contribution in [2.45, 2.75) is 0 Å². The zero-order valence-corrected chi connectivity index (χ0v) is 8.49. The van der Waals surface area contributed by atoms with Gasteiger partial charge in [-0.3, -0.25) is 0 Å². The number of imidazole rings is 1. The lowest BCUT2D eigenvalue weighted by Crippen LogP contribution is -1.97. The van der Waals surface area contributed by atoms with Crippen molar-refractivity contribution in [2.24, 2.45) is 7.05 Å². The molecule has 2 rings (SSSR count). The Morgan fingerprint density at radius 1 is 1.29 bits per heavy atom. The smallest absolute Gasteiger partial charge is 0.171 e. The molecule has 1 aromatic carbocycles. The molecule has 0 amide bonds. The quantitative estimate of drug-likeness (QED) is 0.780. The highest BCUT2D eigenvalue weighted by Crippen LogP contribution is 2.25. The fourth-order valence-electron chi connectivity index (χ4n) is 1.32. The molecular formula is C10H10ClN3. The summed E-state index contributed by atoms with van der Waals surface area (Å²) in [7, 11) is 1.84. The summed E-state index contributed by atoms with van der Waals surface area (Å²) in [6.45, 7) is 0. The number of halogens is 1. The van der Waals surface area contributed by atoms with E-state index in [4.69, 9.17) is 17.3 Å². The standard InChI is InChI=1S/C10H10ClN3/c1-14-9(12)8(11)13-10(14)7-5-3-2-4-6-7/h2-6H,12H2,1H3. The van der Waals surface area contributed by atoms with Gasteiger partial charge in [0.25, 0.3) is 0 Å². The Kier molecular flexibility index (Phi) is 2.17.